The third-order valence-electron chi connectivity index (χ3n) is 4.98. The summed E-state index contributed by atoms with van der Waals surface area (Å²) in [6, 6.07) is 12.6. The molecule has 1 saturated heterocycles. The molecule has 1 aromatic heterocycles. The summed E-state index contributed by atoms with van der Waals surface area (Å²) >= 11 is 1.48. The molecule has 2 aliphatic rings. The molecule has 9 heteroatoms. The Labute approximate surface area is 173 Å². The van der Waals surface area contributed by atoms with E-state index in [0.717, 1.165) is 40.7 Å². The van der Waals surface area contributed by atoms with Crippen LogP contribution in [0.15, 0.2) is 52.7 Å². The van der Waals surface area contributed by atoms with Gasteiger partial charge in [0.25, 0.3) is 0 Å². The number of rotatable bonds is 5. The van der Waals surface area contributed by atoms with Crippen LogP contribution in [0, 0.1) is 0 Å². The van der Waals surface area contributed by atoms with Gasteiger partial charge in [-0.2, -0.15) is 4.31 Å². The Hall–Kier alpha value is -2.62. The van der Waals surface area contributed by atoms with Gasteiger partial charge in [0, 0.05) is 35.8 Å². The zero-order chi connectivity index (χ0) is 19.8. The lowest BCUT2D eigenvalue weighted by molar-refractivity contribution is 0.174. The number of benzene rings is 2. The molecule has 0 unspecified atom stereocenters. The van der Waals surface area contributed by atoms with Crippen LogP contribution in [0.25, 0.3) is 11.3 Å². The van der Waals surface area contributed by atoms with Gasteiger partial charge in [-0.1, -0.05) is 12.1 Å². The van der Waals surface area contributed by atoms with Gasteiger partial charge in [0.2, 0.25) is 16.8 Å². The molecule has 5 rings (SSSR count). The van der Waals surface area contributed by atoms with E-state index in [-0.39, 0.29) is 6.79 Å². The number of fused-ring (bicyclic) bond motifs is 1. The maximum absolute atomic E-state index is 12.7. The monoisotopic (exact) mass is 429 g/mol. The van der Waals surface area contributed by atoms with E-state index in [9.17, 15) is 8.42 Å². The standard InChI is InChI=1S/C20H19N3O4S2/c24-29(25,23-9-1-2-10-23)16-6-3-14(4-7-16)17-12-28-20(22-17)21-15-5-8-18-19(11-15)27-13-26-18/h3-8,11-12H,1-2,9-10,13H2,(H,21,22). The van der Waals surface area contributed by atoms with Gasteiger partial charge in [0.1, 0.15) is 0 Å². The number of anilines is 2. The van der Waals surface area contributed by atoms with Gasteiger partial charge in [-0.3, -0.25) is 0 Å². The van der Waals surface area contributed by atoms with Crippen molar-refractivity contribution >= 4 is 32.2 Å². The molecule has 29 heavy (non-hydrogen) atoms. The van der Waals surface area contributed by atoms with E-state index in [1.165, 1.54) is 11.3 Å². The van der Waals surface area contributed by atoms with E-state index < -0.39 is 10.0 Å². The molecule has 1 fully saturated rings. The fourth-order valence-electron chi connectivity index (χ4n) is 3.44. The summed E-state index contributed by atoms with van der Waals surface area (Å²) in [4.78, 5) is 4.94. The number of ether oxygens (including phenoxy) is 2. The van der Waals surface area contributed by atoms with Crippen LogP contribution in [0.1, 0.15) is 12.8 Å². The minimum atomic E-state index is -3.40. The molecule has 150 valence electrons. The average molecular weight is 430 g/mol. The van der Waals surface area contributed by atoms with Gasteiger partial charge in [-0.05, 0) is 37.1 Å². The summed E-state index contributed by atoms with van der Waals surface area (Å²) in [6.07, 6.45) is 1.85. The largest absolute Gasteiger partial charge is 0.454 e. The number of sulfonamides is 1. The van der Waals surface area contributed by atoms with Crippen LogP contribution in [-0.4, -0.2) is 37.6 Å². The summed E-state index contributed by atoms with van der Waals surface area (Å²) in [5.74, 6) is 1.45. The number of aromatic nitrogens is 1. The van der Waals surface area contributed by atoms with Crippen molar-refractivity contribution in [1.82, 2.24) is 9.29 Å². The van der Waals surface area contributed by atoms with Gasteiger partial charge in [-0.25, -0.2) is 13.4 Å². The summed E-state index contributed by atoms with van der Waals surface area (Å²) in [6.45, 7) is 1.44. The van der Waals surface area contributed by atoms with Crippen LogP contribution >= 0.6 is 11.3 Å². The zero-order valence-electron chi connectivity index (χ0n) is 15.5. The fourth-order valence-corrected chi connectivity index (χ4v) is 5.69. The zero-order valence-corrected chi connectivity index (χ0v) is 17.1. The normalized spacial score (nSPS) is 16.3. The second-order valence-corrected chi connectivity index (χ2v) is 9.66. The minimum absolute atomic E-state index is 0.240. The first-order valence-corrected chi connectivity index (χ1v) is 11.6. The van der Waals surface area contributed by atoms with Crippen LogP contribution < -0.4 is 14.8 Å². The molecule has 0 radical (unpaired) electrons. The van der Waals surface area contributed by atoms with E-state index in [1.807, 2.05) is 35.7 Å². The topological polar surface area (TPSA) is 80.8 Å². The van der Waals surface area contributed by atoms with Crippen molar-refractivity contribution in [3.63, 3.8) is 0 Å². The molecule has 0 atom stereocenters. The van der Waals surface area contributed by atoms with Crippen LogP contribution in [0.5, 0.6) is 11.5 Å². The van der Waals surface area contributed by atoms with Crippen molar-refractivity contribution in [3.05, 3.63) is 47.8 Å². The first-order valence-electron chi connectivity index (χ1n) is 9.32. The minimum Gasteiger partial charge on any atom is -0.454 e. The maximum Gasteiger partial charge on any atom is 0.243 e. The molecular weight excluding hydrogens is 410 g/mol. The Kier molecular flexibility index (Phi) is 4.65. The third kappa shape index (κ3) is 3.57. The second kappa shape index (κ2) is 7.33. The molecule has 7 nitrogen and oxygen atoms in total. The lowest BCUT2D eigenvalue weighted by Gasteiger charge is -2.15. The van der Waals surface area contributed by atoms with Gasteiger partial charge in [-0.15, -0.1) is 11.3 Å². The number of hydrogen-bond acceptors (Lipinski definition) is 7. The summed E-state index contributed by atoms with van der Waals surface area (Å²) in [5.41, 5.74) is 2.53. The molecule has 0 saturated carbocycles. The molecule has 2 aromatic carbocycles. The molecule has 0 amide bonds. The van der Waals surface area contributed by atoms with E-state index in [4.69, 9.17) is 9.47 Å². The van der Waals surface area contributed by atoms with Gasteiger partial charge in [0.05, 0.1) is 10.6 Å². The van der Waals surface area contributed by atoms with Crippen LogP contribution in [-0.2, 0) is 10.0 Å². The fraction of sp³-hybridized carbons (Fsp3) is 0.250. The molecule has 1 N–H and O–H groups in total. The van der Waals surface area contributed by atoms with E-state index in [2.05, 4.69) is 10.3 Å². The number of nitrogens with one attached hydrogen (secondary N) is 1. The molecule has 0 bridgehead atoms. The lowest BCUT2D eigenvalue weighted by Crippen LogP contribution is -2.27. The smallest absolute Gasteiger partial charge is 0.243 e. The SMILES string of the molecule is O=S(=O)(c1ccc(-c2csc(Nc3ccc4c(c3)OCO4)n2)cc1)N1CCCC1. The summed E-state index contributed by atoms with van der Waals surface area (Å²) < 4.78 is 37.6. The van der Waals surface area contributed by atoms with Crippen LogP contribution in [0.4, 0.5) is 10.8 Å². The average Bonchev–Trinajstić information content (AvgIpc) is 3.49. The summed E-state index contributed by atoms with van der Waals surface area (Å²) in [7, 11) is -3.40. The first kappa shape index (κ1) is 18.4. The van der Waals surface area contributed by atoms with Crippen molar-refractivity contribution in [2.45, 2.75) is 17.7 Å². The van der Waals surface area contributed by atoms with Crippen molar-refractivity contribution in [1.29, 1.82) is 0 Å². The quantitative estimate of drug-likeness (QED) is 0.659. The van der Waals surface area contributed by atoms with Crippen LogP contribution in [0.3, 0.4) is 0 Å². The lowest BCUT2D eigenvalue weighted by atomic mass is 10.2. The molecule has 2 aliphatic heterocycles. The van der Waals surface area contributed by atoms with Gasteiger partial charge >= 0.3 is 0 Å². The Balaban J connectivity index is 1.32. The Morgan fingerprint density at radius 2 is 1.76 bits per heavy atom. The Morgan fingerprint density at radius 1 is 1.00 bits per heavy atom. The molecule has 3 aromatic rings. The molecule has 0 spiro atoms. The van der Waals surface area contributed by atoms with E-state index in [0.29, 0.717) is 23.7 Å². The predicted octanol–water partition coefficient (Wildman–Crippen LogP) is 4.07. The predicted molar refractivity (Wildman–Crippen MR) is 111 cm³/mol. The molecule has 3 heterocycles. The molecular formula is C20H19N3O4S2. The highest BCUT2D eigenvalue weighted by Gasteiger charge is 2.27. The van der Waals surface area contributed by atoms with Gasteiger partial charge in [0.15, 0.2) is 16.6 Å². The van der Waals surface area contributed by atoms with E-state index >= 15 is 0 Å². The Morgan fingerprint density at radius 3 is 2.55 bits per heavy atom. The van der Waals surface area contributed by atoms with Crippen molar-refractivity contribution in [3.8, 4) is 22.8 Å². The highest BCUT2D eigenvalue weighted by atomic mass is 32.2. The first-order chi connectivity index (χ1) is 14.1. The number of hydrogen-bond donors (Lipinski definition) is 1. The number of nitrogens with zero attached hydrogens (tertiary/aromatic N) is 2. The van der Waals surface area contributed by atoms with Crippen molar-refractivity contribution in [2.24, 2.45) is 0 Å². The third-order valence-corrected chi connectivity index (χ3v) is 7.65. The highest BCUT2D eigenvalue weighted by molar-refractivity contribution is 7.89. The highest BCUT2D eigenvalue weighted by Crippen LogP contribution is 2.36. The maximum atomic E-state index is 12.7. The second-order valence-electron chi connectivity index (χ2n) is 6.87. The van der Waals surface area contributed by atoms with Gasteiger partial charge < -0.3 is 14.8 Å². The number of thiazole rings is 1. The van der Waals surface area contributed by atoms with Crippen LogP contribution in [0.2, 0.25) is 0 Å². The van der Waals surface area contributed by atoms with Crippen molar-refractivity contribution in [2.75, 3.05) is 25.2 Å². The Bertz CT molecular complexity index is 1140. The summed E-state index contributed by atoms with van der Waals surface area (Å²) in [5, 5.41) is 5.95. The van der Waals surface area contributed by atoms with E-state index in [1.54, 1.807) is 16.4 Å². The molecule has 0 aliphatic carbocycles. The van der Waals surface area contributed by atoms with Crippen molar-refractivity contribution < 1.29 is 17.9 Å².